The molecule has 0 amide bonds. The normalized spacial score (nSPS) is 11.0. The van der Waals surface area contributed by atoms with E-state index in [-0.39, 0.29) is 5.78 Å². The van der Waals surface area contributed by atoms with Gasteiger partial charge in [-0.05, 0) is 25.1 Å². The van der Waals surface area contributed by atoms with Crippen LogP contribution in [-0.4, -0.2) is 28.4 Å². The summed E-state index contributed by atoms with van der Waals surface area (Å²) in [5, 5.41) is 9.21. The van der Waals surface area contributed by atoms with E-state index < -0.39 is 5.97 Å². The Hall–Kier alpha value is -2.56. The molecule has 2 aromatic rings. The van der Waals surface area contributed by atoms with Crippen LogP contribution in [0.1, 0.15) is 17.3 Å². The largest absolute Gasteiger partial charge is 0.493 e. The molecule has 0 radical (unpaired) electrons. The molecule has 1 aromatic carbocycles. The monoisotopic (exact) mass is 259 g/mol. The van der Waals surface area contributed by atoms with Crippen LogP contribution in [0.5, 0.6) is 5.75 Å². The van der Waals surface area contributed by atoms with Gasteiger partial charge in [-0.25, -0.2) is 4.79 Å². The lowest BCUT2D eigenvalue weighted by Gasteiger charge is -2.05. The van der Waals surface area contributed by atoms with Gasteiger partial charge in [-0.2, -0.15) is 0 Å². The predicted octanol–water partition coefficient (Wildman–Crippen LogP) is 2.39. The van der Waals surface area contributed by atoms with Gasteiger partial charge in [0.05, 0.1) is 17.6 Å². The number of aromatic amines is 1. The van der Waals surface area contributed by atoms with Crippen molar-refractivity contribution in [1.82, 2.24) is 4.98 Å². The van der Waals surface area contributed by atoms with Crippen molar-refractivity contribution >= 4 is 22.7 Å². The van der Waals surface area contributed by atoms with Crippen molar-refractivity contribution in [3.8, 4) is 5.75 Å². The molecule has 0 atom stereocenters. The molecule has 0 fully saturated rings. The summed E-state index contributed by atoms with van der Waals surface area (Å²) >= 11 is 0. The van der Waals surface area contributed by atoms with Crippen molar-refractivity contribution in [1.29, 1.82) is 0 Å². The van der Waals surface area contributed by atoms with Gasteiger partial charge < -0.3 is 14.8 Å². The van der Waals surface area contributed by atoms with Crippen LogP contribution in [0.3, 0.4) is 0 Å². The van der Waals surface area contributed by atoms with Gasteiger partial charge in [0.2, 0.25) is 0 Å². The minimum atomic E-state index is -1.15. The predicted molar refractivity (Wildman–Crippen MR) is 70.6 cm³/mol. The van der Waals surface area contributed by atoms with Crippen molar-refractivity contribution in [2.24, 2.45) is 0 Å². The van der Waals surface area contributed by atoms with E-state index in [1.165, 1.54) is 0 Å². The van der Waals surface area contributed by atoms with Gasteiger partial charge in [-0.15, -0.1) is 0 Å². The number of benzene rings is 1. The SMILES string of the molecule is CCOc1cccc2[nH]cc(C(=O)/C=C/C(=O)O)c12. The van der Waals surface area contributed by atoms with Gasteiger partial charge in [0, 0.05) is 17.8 Å². The fourth-order valence-electron chi connectivity index (χ4n) is 1.86. The van der Waals surface area contributed by atoms with Crippen LogP contribution >= 0.6 is 0 Å². The summed E-state index contributed by atoms with van der Waals surface area (Å²) in [6.45, 7) is 2.35. The van der Waals surface area contributed by atoms with Crippen molar-refractivity contribution in [3.63, 3.8) is 0 Å². The van der Waals surface area contributed by atoms with Crippen LogP contribution < -0.4 is 4.74 Å². The average molecular weight is 259 g/mol. The highest BCUT2D eigenvalue weighted by molar-refractivity contribution is 6.15. The summed E-state index contributed by atoms with van der Waals surface area (Å²) in [6.07, 6.45) is 3.42. The van der Waals surface area contributed by atoms with Crippen LogP contribution in [0.25, 0.3) is 10.9 Å². The number of carboxylic acid groups (broad SMARTS) is 1. The van der Waals surface area contributed by atoms with Crippen LogP contribution in [-0.2, 0) is 4.79 Å². The number of fused-ring (bicyclic) bond motifs is 1. The molecular formula is C14H13NO4. The topological polar surface area (TPSA) is 79.4 Å². The number of rotatable bonds is 5. The van der Waals surface area contributed by atoms with Gasteiger partial charge in [-0.1, -0.05) is 6.07 Å². The molecule has 1 heterocycles. The number of carboxylic acids is 1. The lowest BCUT2D eigenvalue weighted by molar-refractivity contribution is -0.131. The molecule has 0 saturated heterocycles. The van der Waals surface area contributed by atoms with Crippen molar-refractivity contribution in [3.05, 3.63) is 42.1 Å². The molecule has 19 heavy (non-hydrogen) atoms. The van der Waals surface area contributed by atoms with Crippen LogP contribution in [0, 0.1) is 0 Å². The van der Waals surface area contributed by atoms with Crippen molar-refractivity contribution in [2.45, 2.75) is 6.92 Å². The van der Waals surface area contributed by atoms with Gasteiger partial charge in [0.15, 0.2) is 5.78 Å². The molecule has 0 spiro atoms. The second kappa shape index (κ2) is 5.39. The first-order valence-electron chi connectivity index (χ1n) is 5.81. The Labute approximate surface area is 109 Å². The zero-order chi connectivity index (χ0) is 13.8. The summed E-state index contributed by atoms with van der Waals surface area (Å²) in [5.74, 6) is -0.924. The van der Waals surface area contributed by atoms with Gasteiger partial charge in [0.25, 0.3) is 0 Å². The Bertz CT molecular complexity index is 655. The van der Waals surface area contributed by atoms with E-state index in [1.807, 2.05) is 19.1 Å². The average Bonchev–Trinajstić information content (AvgIpc) is 2.81. The van der Waals surface area contributed by atoms with Crippen LogP contribution in [0.2, 0.25) is 0 Å². The van der Waals surface area contributed by atoms with E-state index in [9.17, 15) is 9.59 Å². The van der Waals surface area contributed by atoms with E-state index in [0.717, 1.165) is 17.7 Å². The Kier molecular flexibility index (Phi) is 3.66. The molecule has 0 aliphatic rings. The third-order valence-corrected chi connectivity index (χ3v) is 2.61. The minimum Gasteiger partial charge on any atom is -0.493 e. The number of hydrogen-bond acceptors (Lipinski definition) is 3. The summed E-state index contributed by atoms with van der Waals surface area (Å²) in [7, 11) is 0. The Morgan fingerprint density at radius 3 is 2.84 bits per heavy atom. The summed E-state index contributed by atoms with van der Waals surface area (Å²) < 4.78 is 5.48. The maximum absolute atomic E-state index is 12.0. The molecule has 5 nitrogen and oxygen atoms in total. The fraction of sp³-hybridized carbons (Fsp3) is 0.143. The molecule has 1 aromatic heterocycles. The van der Waals surface area contributed by atoms with Gasteiger partial charge >= 0.3 is 5.97 Å². The number of aromatic nitrogens is 1. The van der Waals surface area contributed by atoms with E-state index in [2.05, 4.69) is 4.98 Å². The highest BCUT2D eigenvalue weighted by atomic mass is 16.5. The zero-order valence-corrected chi connectivity index (χ0v) is 10.3. The van der Waals surface area contributed by atoms with E-state index in [0.29, 0.717) is 23.3 Å². The van der Waals surface area contributed by atoms with Crippen molar-refractivity contribution in [2.75, 3.05) is 6.61 Å². The van der Waals surface area contributed by atoms with E-state index in [4.69, 9.17) is 9.84 Å². The molecule has 0 unspecified atom stereocenters. The molecule has 0 aliphatic heterocycles. The third kappa shape index (κ3) is 2.65. The van der Waals surface area contributed by atoms with Crippen molar-refractivity contribution < 1.29 is 19.4 Å². The number of carbonyl (C=O) groups excluding carboxylic acids is 1. The Balaban J connectivity index is 2.49. The molecule has 98 valence electrons. The second-order valence-corrected chi connectivity index (χ2v) is 3.85. The van der Waals surface area contributed by atoms with Crippen LogP contribution in [0.15, 0.2) is 36.5 Å². The number of carbonyl (C=O) groups is 2. The quantitative estimate of drug-likeness (QED) is 0.638. The summed E-state index contributed by atoms with van der Waals surface area (Å²) in [5.41, 5.74) is 1.18. The second-order valence-electron chi connectivity index (χ2n) is 3.85. The first-order chi connectivity index (χ1) is 9.13. The molecule has 0 saturated carbocycles. The number of hydrogen-bond donors (Lipinski definition) is 2. The van der Waals surface area contributed by atoms with Gasteiger partial charge in [-0.3, -0.25) is 4.79 Å². The molecule has 5 heteroatoms. The number of aliphatic carboxylic acids is 1. The smallest absolute Gasteiger partial charge is 0.328 e. The molecule has 0 bridgehead atoms. The highest BCUT2D eigenvalue weighted by Gasteiger charge is 2.14. The highest BCUT2D eigenvalue weighted by Crippen LogP contribution is 2.29. The maximum atomic E-state index is 12.0. The summed E-state index contributed by atoms with van der Waals surface area (Å²) in [6, 6.07) is 5.43. The molecule has 2 N–H and O–H groups in total. The molecule has 0 aliphatic carbocycles. The standard InChI is InChI=1S/C14H13NO4/c1-2-19-12-5-3-4-10-14(12)9(8-15-10)11(16)6-7-13(17)18/h3-8,15H,2H2,1H3,(H,17,18)/b7-6+. The number of allylic oxidation sites excluding steroid dienone is 1. The first kappa shape index (κ1) is 12.9. The lowest BCUT2D eigenvalue weighted by atomic mass is 10.1. The summed E-state index contributed by atoms with van der Waals surface area (Å²) in [4.78, 5) is 25.4. The molecule has 2 rings (SSSR count). The number of ether oxygens (including phenoxy) is 1. The minimum absolute atomic E-state index is 0.374. The van der Waals surface area contributed by atoms with Gasteiger partial charge in [0.1, 0.15) is 5.75 Å². The molecular weight excluding hydrogens is 246 g/mol. The third-order valence-electron chi connectivity index (χ3n) is 2.61. The van der Waals surface area contributed by atoms with Crippen LogP contribution in [0.4, 0.5) is 0 Å². The number of ketones is 1. The number of nitrogens with one attached hydrogen (secondary N) is 1. The van der Waals surface area contributed by atoms with E-state index in [1.54, 1.807) is 12.3 Å². The number of H-pyrrole nitrogens is 1. The maximum Gasteiger partial charge on any atom is 0.328 e. The first-order valence-corrected chi connectivity index (χ1v) is 5.81. The Morgan fingerprint density at radius 2 is 2.16 bits per heavy atom. The fourth-order valence-corrected chi connectivity index (χ4v) is 1.86. The van der Waals surface area contributed by atoms with E-state index >= 15 is 0 Å². The Morgan fingerprint density at radius 1 is 1.37 bits per heavy atom. The lowest BCUT2D eigenvalue weighted by Crippen LogP contribution is -1.98. The zero-order valence-electron chi connectivity index (χ0n) is 10.3.